The topological polar surface area (TPSA) is 47.9 Å². The molecule has 0 amide bonds. The Bertz CT molecular complexity index is 1090. The van der Waals surface area contributed by atoms with E-state index in [1.807, 2.05) is 42.5 Å². The van der Waals surface area contributed by atoms with Crippen LogP contribution in [0.1, 0.15) is 0 Å². The summed E-state index contributed by atoms with van der Waals surface area (Å²) in [6, 6.07) is 15.5. The molecule has 0 bridgehead atoms. The molecular formula is C19H12F3N3O. The van der Waals surface area contributed by atoms with Crippen molar-refractivity contribution >= 4 is 21.7 Å². The Hall–Kier alpha value is -3.22. The first-order valence-electron chi connectivity index (χ1n) is 7.80. The Labute approximate surface area is 146 Å². The molecule has 0 atom stereocenters. The van der Waals surface area contributed by atoms with Crippen molar-refractivity contribution in [3.63, 3.8) is 0 Å². The lowest BCUT2D eigenvalue weighted by atomic mass is 10.0. The fraction of sp³-hybridized carbons (Fsp3) is 0.105. The third-order valence-electron chi connectivity index (χ3n) is 3.92. The van der Waals surface area contributed by atoms with Gasteiger partial charge in [-0.05, 0) is 16.8 Å². The number of hydrogen-bond donors (Lipinski definition) is 0. The number of alkyl halides is 3. The lowest BCUT2D eigenvalue weighted by Crippen LogP contribution is -2.19. The average molecular weight is 355 g/mol. The van der Waals surface area contributed by atoms with Gasteiger partial charge < -0.3 is 4.74 Å². The highest BCUT2D eigenvalue weighted by molar-refractivity contribution is 5.97. The first kappa shape index (κ1) is 16.3. The molecule has 26 heavy (non-hydrogen) atoms. The largest absolute Gasteiger partial charge is 0.467 e. The third kappa shape index (κ3) is 3.15. The summed E-state index contributed by atoms with van der Waals surface area (Å²) >= 11 is 0. The van der Waals surface area contributed by atoms with E-state index >= 15 is 0 Å². The predicted molar refractivity (Wildman–Crippen MR) is 91.8 cm³/mol. The number of rotatable bonds is 3. The van der Waals surface area contributed by atoms with Gasteiger partial charge in [-0.25, -0.2) is 9.97 Å². The predicted octanol–water partition coefficient (Wildman–Crippen LogP) is 4.79. The van der Waals surface area contributed by atoms with Gasteiger partial charge in [0.2, 0.25) is 5.88 Å². The van der Waals surface area contributed by atoms with Crippen molar-refractivity contribution in [2.75, 3.05) is 6.61 Å². The van der Waals surface area contributed by atoms with Gasteiger partial charge in [-0.3, -0.25) is 4.98 Å². The summed E-state index contributed by atoms with van der Waals surface area (Å²) in [6.45, 7) is -1.41. The van der Waals surface area contributed by atoms with Gasteiger partial charge in [0.15, 0.2) is 6.61 Å². The number of hydrogen-bond acceptors (Lipinski definition) is 4. The quantitative estimate of drug-likeness (QED) is 0.530. The van der Waals surface area contributed by atoms with Gasteiger partial charge in [0, 0.05) is 11.8 Å². The first-order chi connectivity index (χ1) is 12.5. The SMILES string of the molecule is FC(F)(F)COc1ncnc2cc(-c3cccc4ccccc34)ncc12. The van der Waals surface area contributed by atoms with E-state index in [4.69, 9.17) is 4.74 Å². The van der Waals surface area contributed by atoms with Crippen LogP contribution in [0.3, 0.4) is 0 Å². The molecule has 4 rings (SSSR count). The maximum atomic E-state index is 12.4. The lowest BCUT2D eigenvalue weighted by molar-refractivity contribution is -0.153. The van der Waals surface area contributed by atoms with Crippen LogP contribution in [-0.2, 0) is 0 Å². The Morgan fingerprint density at radius 2 is 1.69 bits per heavy atom. The van der Waals surface area contributed by atoms with E-state index in [9.17, 15) is 13.2 Å². The molecule has 7 heteroatoms. The fourth-order valence-corrected chi connectivity index (χ4v) is 2.79. The molecule has 4 nitrogen and oxygen atoms in total. The van der Waals surface area contributed by atoms with Crippen molar-refractivity contribution in [2.45, 2.75) is 6.18 Å². The van der Waals surface area contributed by atoms with Crippen LogP contribution in [0.2, 0.25) is 0 Å². The Kier molecular flexibility index (Phi) is 3.91. The second-order valence-electron chi connectivity index (χ2n) is 5.70. The van der Waals surface area contributed by atoms with Crippen LogP contribution < -0.4 is 4.74 Å². The molecule has 2 aromatic heterocycles. The molecule has 2 heterocycles. The molecule has 4 aromatic rings. The van der Waals surface area contributed by atoms with Gasteiger partial charge in [-0.15, -0.1) is 0 Å². The maximum Gasteiger partial charge on any atom is 0.422 e. The van der Waals surface area contributed by atoms with Crippen LogP contribution in [0.25, 0.3) is 32.9 Å². The van der Waals surface area contributed by atoms with Crippen molar-refractivity contribution in [3.8, 4) is 17.1 Å². The summed E-state index contributed by atoms with van der Waals surface area (Å²) in [4.78, 5) is 12.3. The van der Waals surface area contributed by atoms with Gasteiger partial charge in [0.25, 0.3) is 0 Å². The van der Waals surface area contributed by atoms with E-state index in [-0.39, 0.29) is 5.88 Å². The molecule has 0 radical (unpaired) electrons. The van der Waals surface area contributed by atoms with E-state index < -0.39 is 12.8 Å². The lowest BCUT2D eigenvalue weighted by Gasteiger charge is -2.11. The number of halogens is 3. The van der Waals surface area contributed by atoms with Crippen LogP contribution >= 0.6 is 0 Å². The number of fused-ring (bicyclic) bond motifs is 2. The molecule has 130 valence electrons. The minimum atomic E-state index is -4.44. The van der Waals surface area contributed by atoms with Crippen molar-refractivity contribution < 1.29 is 17.9 Å². The van der Waals surface area contributed by atoms with Crippen LogP contribution in [0, 0.1) is 0 Å². The zero-order chi connectivity index (χ0) is 18.1. The molecular weight excluding hydrogens is 343 g/mol. The highest BCUT2D eigenvalue weighted by Crippen LogP contribution is 2.30. The summed E-state index contributed by atoms with van der Waals surface area (Å²) in [5, 5.41) is 2.44. The number of ether oxygens (including phenoxy) is 1. The second kappa shape index (κ2) is 6.25. The molecule has 0 spiro atoms. The highest BCUT2D eigenvalue weighted by atomic mass is 19.4. The smallest absolute Gasteiger partial charge is 0.422 e. The van der Waals surface area contributed by atoms with Crippen LogP contribution in [0.5, 0.6) is 5.88 Å². The molecule has 0 unspecified atom stereocenters. The second-order valence-corrected chi connectivity index (χ2v) is 5.70. The normalized spacial score (nSPS) is 11.8. The van der Waals surface area contributed by atoms with Crippen LogP contribution in [-0.4, -0.2) is 27.7 Å². The Morgan fingerprint density at radius 1 is 0.885 bits per heavy atom. The number of nitrogens with zero attached hydrogens (tertiary/aromatic N) is 3. The van der Waals surface area contributed by atoms with E-state index in [2.05, 4.69) is 15.0 Å². The van der Waals surface area contributed by atoms with Crippen molar-refractivity contribution in [1.82, 2.24) is 15.0 Å². The standard InChI is InChI=1S/C19H12F3N3O/c20-19(21,22)10-26-18-15-9-23-16(8-17(15)24-11-25-18)14-7-3-5-12-4-1-2-6-13(12)14/h1-9,11H,10H2. The van der Waals surface area contributed by atoms with Crippen molar-refractivity contribution in [2.24, 2.45) is 0 Å². The van der Waals surface area contributed by atoms with Crippen LogP contribution in [0.15, 0.2) is 61.1 Å². The summed E-state index contributed by atoms with van der Waals surface area (Å²) in [5.41, 5.74) is 2.06. The zero-order valence-corrected chi connectivity index (χ0v) is 13.4. The van der Waals surface area contributed by atoms with Gasteiger partial charge in [0.1, 0.15) is 6.33 Å². The molecule has 2 aromatic carbocycles. The average Bonchev–Trinajstić information content (AvgIpc) is 2.64. The Balaban J connectivity index is 1.79. The van der Waals surface area contributed by atoms with E-state index in [0.29, 0.717) is 16.6 Å². The van der Waals surface area contributed by atoms with Gasteiger partial charge in [-0.2, -0.15) is 13.2 Å². The van der Waals surface area contributed by atoms with E-state index in [1.54, 1.807) is 6.07 Å². The van der Waals surface area contributed by atoms with Crippen LogP contribution in [0.4, 0.5) is 13.2 Å². The van der Waals surface area contributed by atoms with Crippen molar-refractivity contribution in [3.05, 3.63) is 61.1 Å². The number of pyridine rings is 1. The minimum absolute atomic E-state index is 0.135. The zero-order valence-electron chi connectivity index (χ0n) is 13.4. The summed E-state index contributed by atoms with van der Waals surface area (Å²) < 4.78 is 42.0. The monoisotopic (exact) mass is 355 g/mol. The first-order valence-corrected chi connectivity index (χ1v) is 7.80. The molecule has 0 aliphatic rings. The van der Waals surface area contributed by atoms with Gasteiger partial charge in [0.05, 0.1) is 16.6 Å². The highest BCUT2D eigenvalue weighted by Gasteiger charge is 2.29. The molecule has 0 fully saturated rings. The summed E-state index contributed by atoms with van der Waals surface area (Å²) in [6.07, 6.45) is -1.81. The maximum absolute atomic E-state index is 12.4. The minimum Gasteiger partial charge on any atom is -0.467 e. The molecule has 0 saturated heterocycles. The Morgan fingerprint density at radius 3 is 2.54 bits per heavy atom. The molecule has 0 aliphatic heterocycles. The third-order valence-corrected chi connectivity index (χ3v) is 3.92. The molecule has 0 aliphatic carbocycles. The number of aromatic nitrogens is 3. The molecule has 0 saturated carbocycles. The number of benzene rings is 2. The molecule has 0 N–H and O–H groups in total. The summed E-state index contributed by atoms with van der Waals surface area (Å²) in [7, 11) is 0. The van der Waals surface area contributed by atoms with Gasteiger partial charge >= 0.3 is 6.18 Å². The van der Waals surface area contributed by atoms with Crippen molar-refractivity contribution in [1.29, 1.82) is 0 Å². The van der Waals surface area contributed by atoms with Gasteiger partial charge in [-0.1, -0.05) is 42.5 Å². The fourth-order valence-electron chi connectivity index (χ4n) is 2.79. The summed E-state index contributed by atoms with van der Waals surface area (Å²) in [5.74, 6) is -0.135. The van der Waals surface area contributed by atoms with E-state index in [0.717, 1.165) is 16.3 Å². The van der Waals surface area contributed by atoms with E-state index in [1.165, 1.54) is 12.5 Å².